The van der Waals surface area contributed by atoms with Crippen LogP contribution in [0.1, 0.15) is 15.2 Å². The molecule has 2 rings (SSSR count). The van der Waals surface area contributed by atoms with E-state index in [0.717, 1.165) is 15.0 Å². The predicted molar refractivity (Wildman–Crippen MR) is 80.8 cm³/mol. The van der Waals surface area contributed by atoms with Gasteiger partial charge in [-0.05, 0) is 51.6 Å². The van der Waals surface area contributed by atoms with Gasteiger partial charge in [0, 0.05) is 17.2 Å². The third-order valence-electron chi connectivity index (χ3n) is 2.69. The van der Waals surface area contributed by atoms with Crippen molar-refractivity contribution in [2.45, 2.75) is 0 Å². The van der Waals surface area contributed by atoms with Crippen molar-refractivity contribution in [3.05, 3.63) is 50.6 Å². The molecule has 5 heteroatoms. The van der Waals surface area contributed by atoms with Gasteiger partial charge >= 0.3 is 0 Å². The van der Waals surface area contributed by atoms with Crippen molar-refractivity contribution in [2.75, 3.05) is 18.5 Å². The minimum Gasteiger partial charge on any atom is -0.367 e. The molecule has 0 saturated carbocycles. The van der Waals surface area contributed by atoms with Crippen LogP contribution in [-0.4, -0.2) is 19.4 Å². The summed E-state index contributed by atoms with van der Waals surface area (Å²) in [6.45, 7) is 0.311. The summed E-state index contributed by atoms with van der Waals surface area (Å²) < 4.78 is 0.843. The number of rotatable bonds is 4. The van der Waals surface area contributed by atoms with Crippen LogP contribution in [0.3, 0.4) is 0 Å². The molecule has 0 fully saturated rings. The number of thiophene rings is 1. The van der Waals surface area contributed by atoms with E-state index in [0.29, 0.717) is 12.1 Å². The summed E-state index contributed by atoms with van der Waals surface area (Å²) in [7, 11) is 1.86. The van der Waals surface area contributed by atoms with Gasteiger partial charge in [0.25, 0.3) is 0 Å². The number of halogens is 1. The highest BCUT2D eigenvalue weighted by molar-refractivity contribution is 9.10. The Kier molecular flexibility index (Phi) is 4.35. The Morgan fingerprint density at radius 2 is 2.05 bits per heavy atom. The van der Waals surface area contributed by atoms with Gasteiger partial charge in [-0.3, -0.25) is 4.79 Å². The first-order valence-electron chi connectivity index (χ1n) is 5.59. The Balaban J connectivity index is 2.08. The molecule has 0 radical (unpaired) electrons. The van der Waals surface area contributed by atoms with Crippen molar-refractivity contribution >= 4 is 38.7 Å². The molecule has 19 heavy (non-hydrogen) atoms. The fourth-order valence-electron chi connectivity index (χ4n) is 1.66. The summed E-state index contributed by atoms with van der Waals surface area (Å²) in [5.41, 5.74) is 1.53. The minimum atomic E-state index is 0.0775. The second-order valence-electron chi connectivity index (χ2n) is 4.04. The Hall–Kier alpha value is -1.64. The van der Waals surface area contributed by atoms with Crippen LogP contribution in [0.5, 0.6) is 0 Å². The number of hydrogen-bond acceptors (Lipinski definition) is 4. The number of nitriles is 1. The first-order chi connectivity index (χ1) is 9.11. The fraction of sp³-hybridized carbons (Fsp3) is 0.143. The van der Waals surface area contributed by atoms with E-state index in [1.54, 1.807) is 12.1 Å². The zero-order valence-electron chi connectivity index (χ0n) is 10.3. The van der Waals surface area contributed by atoms with E-state index >= 15 is 0 Å². The molecule has 0 aliphatic carbocycles. The maximum absolute atomic E-state index is 12.1. The molecule has 1 aromatic heterocycles. The third-order valence-corrected chi connectivity index (χ3v) is 4.57. The van der Waals surface area contributed by atoms with Gasteiger partial charge in [-0.2, -0.15) is 5.26 Å². The van der Waals surface area contributed by atoms with Gasteiger partial charge in [-0.15, -0.1) is 11.3 Å². The first-order valence-corrected chi connectivity index (χ1v) is 7.26. The van der Waals surface area contributed by atoms with Crippen molar-refractivity contribution in [3.63, 3.8) is 0 Å². The van der Waals surface area contributed by atoms with Gasteiger partial charge in [-0.25, -0.2) is 0 Å². The molecule has 0 N–H and O–H groups in total. The van der Waals surface area contributed by atoms with E-state index in [-0.39, 0.29) is 5.78 Å². The van der Waals surface area contributed by atoms with Gasteiger partial charge in [0.1, 0.15) is 0 Å². The van der Waals surface area contributed by atoms with Crippen molar-refractivity contribution in [3.8, 4) is 6.07 Å². The molecule has 2 aromatic rings. The van der Waals surface area contributed by atoms with Crippen LogP contribution >= 0.6 is 27.3 Å². The van der Waals surface area contributed by atoms with Gasteiger partial charge in [0.15, 0.2) is 5.78 Å². The minimum absolute atomic E-state index is 0.0775. The second-order valence-corrected chi connectivity index (χ2v) is 5.81. The van der Waals surface area contributed by atoms with Gasteiger partial charge in [-0.1, -0.05) is 0 Å². The zero-order chi connectivity index (χ0) is 13.8. The van der Waals surface area contributed by atoms with Crippen molar-refractivity contribution in [1.29, 1.82) is 5.26 Å². The molecular formula is C14H11BrN2OS. The number of anilines is 1. The molecule has 0 aliphatic rings. The summed E-state index contributed by atoms with van der Waals surface area (Å²) >= 11 is 4.80. The van der Waals surface area contributed by atoms with E-state index in [9.17, 15) is 4.79 Å². The molecular weight excluding hydrogens is 324 g/mol. The average Bonchev–Trinajstić information content (AvgIpc) is 2.85. The van der Waals surface area contributed by atoms with E-state index in [2.05, 4.69) is 22.0 Å². The highest BCUT2D eigenvalue weighted by Crippen LogP contribution is 2.24. The standard InChI is InChI=1S/C14H11BrN2OS/c1-17(11-4-2-10(8-16)3-5-11)9-13(18)14-12(15)6-7-19-14/h2-7H,9H2,1H3. The molecule has 3 nitrogen and oxygen atoms in total. The number of carbonyl (C=O) groups excluding carboxylic acids is 1. The van der Waals surface area contributed by atoms with Crippen molar-refractivity contribution in [2.24, 2.45) is 0 Å². The zero-order valence-corrected chi connectivity index (χ0v) is 12.7. The lowest BCUT2D eigenvalue weighted by Crippen LogP contribution is -2.25. The molecule has 0 atom stereocenters. The van der Waals surface area contributed by atoms with Crippen molar-refractivity contribution in [1.82, 2.24) is 0 Å². The van der Waals surface area contributed by atoms with Crippen LogP contribution in [0.25, 0.3) is 0 Å². The summed E-state index contributed by atoms with van der Waals surface area (Å²) in [6, 6.07) is 11.1. The third kappa shape index (κ3) is 3.22. The molecule has 1 aromatic carbocycles. The fourth-order valence-corrected chi connectivity index (χ4v) is 3.19. The van der Waals surface area contributed by atoms with Crippen LogP contribution in [0.15, 0.2) is 40.2 Å². The van der Waals surface area contributed by atoms with Crippen molar-refractivity contribution < 1.29 is 4.79 Å². The van der Waals surface area contributed by atoms with Crippen LogP contribution < -0.4 is 4.90 Å². The highest BCUT2D eigenvalue weighted by Gasteiger charge is 2.14. The number of hydrogen-bond donors (Lipinski definition) is 0. The van der Waals surface area contributed by atoms with Crippen LogP contribution in [0.2, 0.25) is 0 Å². The lowest BCUT2D eigenvalue weighted by molar-refractivity contribution is 0.100. The molecule has 1 heterocycles. The molecule has 0 unspecified atom stereocenters. The van der Waals surface area contributed by atoms with Gasteiger partial charge < -0.3 is 4.90 Å². The number of Topliss-reactive ketones (excluding diaryl/α,β-unsaturated/α-hetero) is 1. The summed E-state index contributed by atoms with van der Waals surface area (Å²) in [5, 5.41) is 10.6. The van der Waals surface area contributed by atoms with Crippen LogP contribution in [-0.2, 0) is 0 Å². The Bertz CT molecular complexity index is 628. The smallest absolute Gasteiger partial charge is 0.193 e. The lowest BCUT2D eigenvalue weighted by atomic mass is 10.2. The first kappa shape index (κ1) is 13.8. The van der Waals surface area contributed by atoms with Gasteiger partial charge in [0.05, 0.1) is 23.1 Å². The van der Waals surface area contributed by atoms with Crippen LogP contribution in [0, 0.1) is 11.3 Å². The summed E-state index contributed by atoms with van der Waals surface area (Å²) in [5.74, 6) is 0.0775. The number of carbonyl (C=O) groups is 1. The molecule has 96 valence electrons. The average molecular weight is 335 g/mol. The molecule has 0 amide bonds. The number of nitrogens with zero attached hydrogens (tertiary/aromatic N) is 2. The normalized spacial score (nSPS) is 9.95. The Morgan fingerprint density at radius 3 is 2.58 bits per heavy atom. The molecule has 0 bridgehead atoms. The Morgan fingerprint density at radius 1 is 1.37 bits per heavy atom. The topological polar surface area (TPSA) is 44.1 Å². The quantitative estimate of drug-likeness (QED) is 0.800. The van der Waals surface area contributed by atoms with Gasteiger partial charge in [0.2, 0.25) is 0 Å². The predicted octanol–water partition coefficient (Wildman–Crippen LogP) is 3.70. The lowest BCUT2D eigenvalue weighted by Gasteiger charge is -2.18. The molecule has 0 aliphatic heterocycles. The van der Waals surface area contributed by atoms with E-state index < -0.39 is 0 Å². The molecule has 0 spiro atoms. The van der Waals surface area contributed by atoms with E-state index in [1.807, 2.05) is 35.5 Å². The number of benzene rings is 1. The SMILES string of the molecule is CN(CC(=O)c1sccc1Br)c1ccc(C#N)cc1. The maximum atomic E-state index is 12.1. The number of ketones is 1. The van der Waals surface area contributed by atoms with E-state index in [1.165, 1.54) is 11.3 Å². The van der Waals surface area contributed by atoms with Crippen LogP contribution in [0.4, 0.5) is 5.69 Å². The monoisotopic (exact) mass is 334 g/mol. The maximum Gasteiger partial charge on any atom is 0.193 e. The van der Waals surface area contributed by atoms with E-state index in [4.69, 9.17) is 5.26 Å². The second kappa shape index (κ2) is 6.00. The summed E-state index contributed by atoms with van der Waals surface area (Å²) in [6.07, 6.45) is 0. The highest BCUT2D eigenvalue weighted by atomic mass is 79.9. The number of likely N-dealkylation sites (N-methyl/N-ethyl adjacent to an activating group) is 1. The summed E-state index contributed by atoms with van der Waals surface area (Å²) in [4.78, 5) is 14.7. The Labute approximate surface area is 124 Å². The largest absolute Gasteiger partial charge is 0.367 e. The molecule has 0 saturated heterocycles.